The van der Waals surface area contributed by atoms with Crippen molar-refractivity contribution in [3.8, 4) is 0 Å². The fourth-order valence-corrected chi connectivity index (χ4v) is 5.42. The molecule has 1 spiro atoms. The van der Waals surface area contributed by atoms with Gasteiger partial charge < -0.3 is 10.1 Å². The number of hydrogen-bond acceptors (Lipinski definition) is 5. The number of carbonyl (C=O) groups excluding carboxylic acids is 3. The lowest BCUT2D eigenvalue weighted by atomic mass is 9.64. The first-order valence-corrected chi connectivity index (χ1v) is 10.8. The van der Waals surface area contributed by atoms with E-state index in [1.54, 1.807) is 0 Å². The number of fused-ring (bicyclic) bond motifs is 1. The SMILES string of the molecule is CC1CC(C)(C)CC2(C1)NC(=O)N(CC(=O)OCc1cc3ccccc3nc1Cl)C2=O. The highest BCUT2D eigenvalue weighted by Gasteiger charge is 2.56. The molecule has 31 heavy (non-hydrogen) atoms. The summed E-state index contributed by atoms with van der Waals surface area (Å²) in [5.41, 5.74) is 0.295. The fourth-order valence-electron chi connectivity index (χ4n) is 5.22. The van der Waals surface area contributed by atoms with Gasteiger partial charge in [-0.25, -0.2) is 9.78 Å². The highest BCUT2D eigenvalue weighted by molar-refractivity contribution is 6.30. The van der Waals surface area contributed by atoms with Gasteiger partial charge in [0, 0.05) is 10.9 Å². The number of halogens is 1. The third-order valence-electron chi connectivity index (χ3n) is 6.05. The summed E-state index contributed by atoms with van der Waals surface area (Å²) in [7, 11) is 0. The minimum absolute atomic E-state index is 0.0725. The molecule has 1 aromatic carbocycles. The molecule has 7 nitrogen and oxygen atoms in total. The highest BCUT2D eigenvalue weighted by Crippen LogP contribution is 2.46. The number of imide groups is 1. The summed E-state index contributed by atoms with van der Waals surface area (Å²) in [4.78, 5) is 43.4. The van der Waals surface area contributed by atoms with Crippen molar-refractivity contribution < 1.29 is 19.1 Å². The quantitative estimate of drug-likeness (QED) is 0.437. The second kappa shape index (κ2) is 7.79. The van der Waals surface area contributed by atoms with E-state index < -0.39 is 24.1 Å². The van der Waals surface area contributed by atoms with Gasteiger partial charge in [-0.05, 0) is 42.7 Å². The number of ether oxygens (including phenoxy) is 1. The second-order valence-electron chi connectivity index (χ2n) is 9.55. The van der Waals surface area contributed by atoms with E-state index in [4.69, 9.17) is 16.3 Å². The number of para-hydroxylation sites is 1. The summed E-state index contributed by atoms with van der Waals surface area (Å²) in [6.45, 7) is 5.76. The Labute approximate surface area is 186 Å². The van der Waals surface area contributed by atoms with Gasteiger partial charge >= 0.3 is 12.0 Å². The number of amides is 3. The Balaban J connectivity index is 1.43. The molecule has 0 bridgehead atoms. The van der Waals surface area contributed by atoms with Gasteiger partial charge in [-0.1, -0.05) is 50.6 Å². The van der Waals surface area contributed by atoms with E-state index in [0.29, 0.717) is 24.3 Å². The van der Waals surface area contributed by atoms with E-state index >= 15 is 0 Å². The van der Waals surface area contributed by atoms with Gasteiger partial charge in [0.2, 0.25) is 0 Å². The largest absolute Gasteiger partial charge is 0.459 e. The van der Waals surface area contributed by atoms with Crippen molar-refractivity contribution in [3.05, 3.63) is 41.0 Å². The number of esters is 1. The van der Waals surface area contributed by atoms with Crippen LogP contribution >= 0.6 is 11.6 Å². The van der Waals surface area contributed by atoms with Crippen LogP contribution in [0.1, 0.15) is 45.6 Å². The molecule has 8 heteroatoms. The maximum Gasteiger partial charge on any atom is 0.326 e. The first-order chi connectivity index (χ1) is 14.6. The average Bonchev–Trinajstić information content (AvgIpc) is 2.88. The van der Waals surface area contributed by atoms with E-state index in [2.05, 4.69) is 31.1 Å². The van der Waals surface area contributed by atoms with Crippen molar-refractivity contribution in [1.29, 1.82) is 0 Å². The molecule has 2 aliphatic rings. The number of benzene rings is 1. The number of hydrogen-bond donors (Lipinski definition) is 1. The number of carbonyl (C=O) groups is 3. The van der Waals surface area contributed by atoms with Gasteiger partial charge in [0.25, 0.3) is 5.91 Å². The minimum Gasteiger partial charge on any atom is -0.459 e. The van der Waals surface area contributed by atoms with E-state index in [1.165, 1.54) is 0 Å². The topological polar surface area (TPSA) is 88.6 Å². The lowest BCUT2D eigenvalue weighted by Crippen LogP contribution is -2.54. The van der Waals surface area contributed by atoms with Crippen LogP contribution in [0.2, 0.25) is 5.15 Å². The van der Waals surface area contributed by atoms with Crippen LogP contribution in [-0.4, -0.2) is 39.9 Å². The van der Waals surface area contributed by atoms with Crippen LogP contribution < -0.4 is 5.32 Å². The zero-order chi connectivity index (χ0) is 22.4. The summed E-state index contributed by atoms with van der Waals surface area (Å²) < 4.78 is 5.32. The van der Waals surface area contributed by atoms with E-state index in [0.717, 1.165) is 22.2 Å². The fraction of sp³-hybridized carbons (Fsp3) is 0.478. The van der Waals surface area contributed by atoms with Crippen molar-refractivity contribution in [3.63, 3.8) is 0 Å². The summed E-state index contributed by atoms with van der Waals surface area (Å²) in [6, 6.07) is 8.75. The Bertz CT molecular complexity index is 1070. The summed E-state index contributed by atoms with van der Waals surface area (Å²) in [5.74, 6) is -0.727. The smallest absolute Gasteiger partial charge is 0.326 e. The van der Waals surface area contributed by atoms with E-state index in [9.17, 15) is 14.4 Å². The molecule has 1 aromatic heterocycles. The zero-order valence-corrected chi connectivity index (χ0v) is 18.7. The molecule has 1 saturated carbocycles. The molecule has 2 aromatic rings. The van der Waals surface area contributed by atoms with E-state index in [1.807, 2.05) is 30.3 Å². The van der Waals surface area contributed by atoms with Crippen LogP contribution in [0, 0.1) is 11.3 Å². The number of aromatic nitrogens is 1. The molecule has 164 valence electrons. The van der Waals surface area contributed by atoms with Crippen LogP contribution in [0.3, 0.4) is 0 Å². The van der Waals surface area contributed by atoms with Gasteiger partial charge in [-0.2, -0.15) is 0 Å². The number of pyridine rings is 1. The monoisotopic (exact) mass is 443 g/mol. The predicted molar refractivity (Wildman–Crippen MR) is 116 cm³/mol. The first kappa shape index (κ1) is 21.6. The van der Waals surface area contributed by atoms with Gasteiger partial charge in [0.05, 0.1) is 5.52 Å². The maximum absolute atomic E-state index is 13.1. The van der Waals surface area contributed by atoms with Crippen molar-refractivity contribution in [2.75, 3.05) is 6.54 Å². The van der Waals surface area contributed by atoms with Crippen molar-refractivity contribution in [2.24, 2.45) is 11.3 Å². The van der Waals surface area contributed by atoms with Crippen LogP contribution in [0.4, 0.5) is 4.79 Å². The summed E-state index contributed by atoms with van der Waals surface area (Å²) >= 11 is 6.21. The van der Waals surface area contributed by atoms with Crippen LogP contribution in [-0.2, 0) is 20.9 Å². The van der Waals surface area contributed by atoms with Crippen molar-refractivity contribution in [2.45, 2.75) is 52.2 Å². The summed E-state index contributed by atoms with van der Waals surface area (Å²) in [5, 5.41) is 3.99. The Morgan fingerprint density at radius 3 is 2.77 bits per heavy atom. The van der Waals surface area contributed by atoms with Gasteiger partial charge in [0.15, 0.2) is 0 Å². The molecule has 1 aliphatic carbocycles. The lowest BCUT2D eigenvalue weighted by molar-refractivity contribution is -0.149. The molecule has 2 fully saturated rings. The molecular weight excluding hydrogens is 418 g/mol. The lowest BCUT2D eigenvalue weighted by Gasteiger charge is -2.43. The molecule has 1 N–H and O–H groups in total. The Morgan fingerprint density at radius 1 is 1.29 bits per heavy atom. The van der Waals surface area contributed by atoms with Gasteiger partial charge in [-0.15, -0.1) is 0 Å². The predicted octanol–water partition coefficient (Wildman–Crippen LogP) is 4.07. The zero-order valence-electron chi connectivity index (χ0n) is 17.9. The Morgan fingerprint density at radius 2 is 2.03 bits per heavy atom. The molecule has 2 heterocycles. The van der Waals surface area contributed by atoms with Gasteiger partial charge in [0.1, 0.15) is 23.8 Å². The molecule has 2 atom stereocenters. The molecule has 1 aliphatic heterocycles. The minimum atomic E-state index is -0.940. The molecule has 1 saturated heterocycles. The maximum atomic E-state index is 13.1. The van der Waals surface area contributed by atoms with E-state index in [-0.39, 0.29) is 23.1 Å². The second-order valence-corrected chi connectivity index (χ2v) is 9.91. The number of nitrogens with zero attached hydrogens (tertiary/aromatic N) is 2. The first-order valence-electron chi connectivity index (χ1n) is 10.4. The Kier molecular flexibility index (Phi) is 5.41. The molecule has 3 amide bonds. The van der Waals surface area contributed by atoms with Crippen LogP contribution in [0.15, 0.2) is 30.3 Å². The number of nitrogens with one attached hydrogen (secondary N) is 1. The third kappa shape index (κ3) is 4.24. The van der Waals surface area contributed by atoms with Crippen molar-refractivity contribution in [1.82, 2.24) is 15.2 Å². The molecule has 4 rings (SSSR count). The standard InChI is InChI=1S/C23H26ClN3O4/c1-14-9-22(2,3)13-23(10-14)20(29)27(21(30)26-23)11-18(28)31-12-16-8-15-6-4-5-7-17(15)25-19(16)24/h4-8,14H,9-13H2,1-3H3,(H,26,30). The molecular formula is C23H26ClN3O4. The Hall–Kier alpha value is -2.67. The van der Waals surface area contributed by atoms with Crippen molar-refractivity contribution >= 4 is 40.4 Å². The van der Waals surface area contributed by atoms with Gasteiger partial charge in [-0.3, -0.25) is 14.5 Å². The average molecular weight is 444 g/mol. The van der Waals surface area contributed by atoms with Crippen LogP contribution in [0.25, 0.3) is 10.9 Å². The third-order valence-corrected chi connectivity index (χ3v) is 6.38. The highest BCUT2D eigenvalue weighted by atomic mass is 35.5. The molecule has 0 radical (unpaired) electrons. The number of rotatable bonds is 4. The molecule has 2 unspecified atom stereocenters. The normalized spacial score (nSPS) is 25.2. The number of urea groups is 1. The van der Waals surface area contributed by atoms with Crippen LogP contribution in [0.5, 0.6) is 0 Å². The summed E-state index contributed by atoms with van der Waals surface area (Å²) in [6.07, 6.45) is 2.12.